The second-order valence-corrected chi connectivity index (χ2v) is 6.82. The highest BCUT2D eigenvalue weighted by molar-refractivity contribution is 5.96. The molecule has 0 aliphatic rings. The third kappa shape index (κ3) is 3.18. The Morgan fingerprint density at radius 2 is 1.47 bits per heavy atom. The Balaban J connectivity index is 3.46. The summed E-state index contributed by atoms with van der Waals surface area (Å²) in [5.74, 6) is 0.149. The van der Waals surface area contributed by atoms with Crippen LogP contribution in [0.2, 0.25) is 0 Å². The van der Waals surface area contributed by atoms with Crippen LogP contribution in [0.15, 0.2) is 18.2 Å². The van der Waals surface area contributed by atoms with E-state index in [4.69, 9.17) is 0 Å². The molecule has 0 bridgehead atoms. The number of carbonyl (C=O) groups excluding carboxylic acids is 1. The van der Waals surface area contributed by atoms with Gasteiger partial charge in [0.25, 0.3) is 0 Å². The Morgan fingerprint density at radius 1 is 0.941 bits per heavy atom. The highest BCUT2D eigenvalue weighted by Crippen LogP contribution is 2.31. The van der Waals surface area contributed by atoms with Crippen LogP contribution in [0, 0.1) is 0 Å². The molecule has 0 aromatic heterocycles. The molecule has 17 heavy (non-hydrogen) atoms. The molecule has 94 valence electrons. The SMILES string of the molecule is CC(=O)c1ccc(C(C)(C)C)cc1C(C)(C)C. The van der Waals surface area contributed by atoms with Crippen LogP contribution in [-0.2, 0) is 10.8 Å². The fourth-order valence-corrected chi connectivity index (χ4v) is 1.94. The summed E-state index contributed by atoms with van der Waals surface area (Å²) in [6.45, 7) is 14.7. The number of benzene rings is 1. The maximum atomic E-state index is 11.7. The molecule has 0 saturated heterocycles. The Morgan fingerprint density at radius 3 is 1.82 bits per heavy atom. The lowest BCUT2D eigenvalue weighted by Crippen LogP contribution is -2.19. The van der Waals surface area contributed by atoms with E-state index < -0.39 is 0 Å². The molecule has 0 spiro atoms. The summed E-state index contributed by atoms with van der Waals surface area (Å²) in [6, 6.07) is 6.24. The minimum absolute atomic E-state index is 0.00225. The van der Waals surface area contributed by atoms with Crippen molar-refractivity contribution in [2.24, 2.45) is 0 Å². The molecule has 0 aliphatic carbocycles. The van der Waals surface area contributed by atoms with Crippen LogP contribution in [0.25, 0.3) is 0 Å². The molecule has 1 aromatic carbocycles. The summed E-state index contributed by atoms with van der Waals surface area (Å²) >= 11 is 0. The van der Waals surface area contributed by atoms with Gasteiger partial charge in [0.1, 0.15) is 0 Å². The first-order valence-electron chi connectivity index (χ1n) is 6.19. The fraction of sp³-hybridized carbons (Fsp3) is 0.562. The van der Waals surface area contributed by atoms with E-state index in [9.17, 15) is 4.79 Å². The van der Waals surface area contributed by atoms with E-state index in [1.54, 1.807) is 6.92 Å². The Hall–Kier alpha value is -1.11. The topological polar surface area (TPSA) is 17.1 Å². The first-order chi connectivity index (χ1) is 7.53. The quantitative estimate of drug-likeness (QED) is 0.652. The number of hydrogen-bond donors (Lipinski definition) is 0. The molecule has 0 heterocycles. The molecular formula is C16H24O. The van der Waals surface area contributed by atoms with Crippen LogP contribution in [0.4, 0.5) is 0 Å². The Labute approximate surface area is 105 Å². The van der Waals surface area contributed by atoms with Crippen molar-refractivity contribution in [3.63, 3.8) is 0 Å². The van der Waals surface area contributed by atoms with Gasteiger partial charge >= 0.3 is 0 Å². The van der Waals surface area contributed by atoms with Crippen molar-refractivity contribution in [1.29, 1.82) is 0 Å². The summed E-state index contributed by atoms with van der Waals surface area (Å²) in [5.41, 5.74) is 3.41. The maximum Gasteiger partial charge on any atom is 0.160 e. The third-order valence-electron chi connectivity index (χ3n) is 3.07. The summed E-state index contributed by atoms with van der Waals surface area (Å²) in [6.07, 6.45) is 0. The van der Waals surface area contributed by atoms with Gasteiger partial charge in [0.15, 0.2) is 5.78 Å². The van der Waals surface area contributed by atoms with Gasteiger partial charge in [-0.15, -0.1) is 0 Å². The second-order valence-electron chi connectivity index (χ2n) is 6.82. The number of Topliss-reactive ketones (excluding diaryl/α,β-unsaturated/α-hetero) is 1. The van der Waals surface area contributed by atoms with E-state index in [0.29, 0.717) is 0 Å². The minimum atomic E-state index is 0.00225. The van der Waals surface area contributed by atoms with Crippen LogP contribution in [0.3, 0.4) is 0 Å². The summed E-state index contributed by atoms with van der Waals surface area (Å²) < 4.78 is 0. The van der Waals surface area contributed by atoms with E-state index in [2.05, 4.69) is 53.7 Å². The van der Waals surface area contributed by atoms with Crippen molar-refractivity contribution in [3.8, 4) is 0 Å². The molecular weight excluding hydrogens is 208 g/mol. The van der Waals surface area contributed by atoms with Crippen LogP contribution < -0.4 is 0 Å². The van der Waals surface area contributed by atoms with Crippen LogP contribution in [-0.4, -0.2) is 5.78 Å². The van der Waals surface area contributed by atoms with Gasteiger partial charge in [-0.2, -0.15) is 0 Å². The van der Waals surface area contributed by atoms with E-state index in [1.165, 1.54) is 5.56 Å². The van der Waals surface area contributed by atoms with Crippen molar-refractivity contribution in [2.45, 2.75) is 59.3 Å². The Kier molecular flexibility index (Phi) is 3.52. The lowest BCUT2D eigenvalue weighted by Gasteiger charge is -2.26. The predicted octanol–water partition coefficient (Wildman–Crippen LogP) is 4.48. The van der Waals surface area contributed by atoms with Crippen molar-refractivity contribution < 1.29 is 4.79 Å². The van der Waals surface area contributed by atoms with Crippen molar-refractivity contribution in [1.82, 2.24) is 0 Å². The smallest absolute Gasteiger partial charge is 0.160 e. The van der Waals surface area contributed by atoms with Crippen molar-refractivity contribution in [3.05, 3.63) is 34.9 Å². The fourth-order valence-electron chi connectivity index (χ4n) is 1.94. The number of rotatable bonds is 1. The van der Waals surface area contributed by atoms with E-state index in [0.717, 1.165) is 11.1 Å². The van der Waals surface area contributed by atoms with Crippen LogP contribution in [0.5, 0.6) is 0 Å². The molecule has 1 aromatic rings. The normalized spacial score (nSPS) is 12.6. The van der Waals surface area contributed by atoms with E-state index in [-0.39, 0.29) is 16.6 Å². The maximum absolute atomic E-state index is 11.7. The molecule has 0 saturated carbocycles. The minimum Gasteiger partial charge on any atom is -0.295 e. The van der Waals surface area contributed by atoms with Gasteiger partial charge < -0.3 is 0 Å². The monoisotopic (exact) mass is 232 g/mol. The zero-order chi connectivity index (χ0) is 13.4. The second kappa shape index (κ2) is 4.29. The van der Waals surface area contributed by atoms with Gasteiger partial charge in [0.05, 0.1) is 0 Å². The highest BCUT2D eigenvalue weighted by Gasteiger charge is 2.23. The summed E-state index contributed by atoms with van der Waals surface area (Å²) in [4.78, 5) is 11.7. The van der Waals surface area contributed by atoms with Crippen LogP contribution >= 0.6 is 0 Å². The Bertz CT molecular complexity index is 428. The predicted molar refractivity (Wildman–Crippen MR) is 73.8 cm³/mol. The van der Waals surface area contributed by atoms with Gasteiger partial charge in [0, 0.05) is 5.56 Å². The van der Waals surface area contributed by atoms with Crippen molar-refractivity contribution >= 4 is 5.78 Å². The molecule has 1 heteroatoms. The number of carbonyl (C=O) groups is 1. The molecule has 0 amide bonds. The molecule has 1 rings (SSSR count). The standard InChI is InChI=1S/C16H24O/c1-11(17)13-9-8-12(15(2,3)4)10-14(13)16(5,6)7/h8-10H,1-7H3. The zero-order valence-electron chi connectivity index (χ0n) is 12.1. The number of ketones is 1. The number of hydrogen-bond acceptors (Lipinski definition) is 1. The molecule has 0 fully saturated rings. The van der Waals surface area contributed by atoms with Gasteiger partial charge in [0.2, 0.25) is 0 Å². The molecule has 0 aliphatic heterocycles. The summed E-state index contributed by atoms with van der Waals surface area (Å²) in [7, 11) is 0. The van der Waals surface area contributed by atoms with Gasteiger partial charge in [-0.05, 0) is 28.9 Å². The molecule has 0 unspecified atom stereocenters. The third-order valence-corrected chi connectivity index (χ3v) is 3.07. The molecule has 1 nitrogen and oxygen atoms in total. The zero-order valence-corrected chi connectivity index (χ0v) is 12.1. The van der Waals surface area contributed by atoms with Crippen LogP contribution in [0.1, 0.15) is 70.0 Å². The first-order valence-corrected chi connectivity index (χ1v) is 6.19. The largest absolute Gasteiger partial charge is 0.295 e. The van der Waals surface area contributed by atoms with Gasteiger partial charge in [-0.3, -0.25) is 4.79 Å². The lowest BCUT2D eigenvalue weighted by molar-refractivity contribution is 0.101. The summed E-state index contributed by atoms with van der Waals surface area (Å²) in [5, 5.41) is 0. The molecule has 0 radical (unpaired) electrons. The molecule has 0 N–H and O–H groups in total. The van der Waals surface area contributed by atoms with E-state index in [1.807, 2.05) is 6.07 Å². The van der Waals surface area contributed by atoms with E-state index >= 15 is 0 Å². The average molecular weight is 232 g/mol. The highest BCUT2D eigenvalue weighted by atomic mass is 16.1. The van der Waals surface area contributed by atoms with Gasteiger partial charge in [-0.25, -0.2) is 0 Å². The molecule has 0 atom stereocenters. The lowest BCUT2D eigenvalue weighted by atomic mass is 9.78. The van der Waals surface area contributed by atoms with Crippen molar-refractivity contribution in [2.75, 3.05) is 0 Å². The first kappa shape index (κ1) is 14.0. The van der Waals surface area contributed by atoms with Gasteiger partial charge in [-0.1, -0.05) is 59.7 Å². The average Bonchev–Trinajstić information content (AvgIpc) is 2.14.